The number of hydrogen-bond acceptors (Lipinski definition) is 6. The maximum Gasteiger partial charge on any atom is 0.490 e. The van der Waals surface area contributed by atoms with Crippen LogP contribution in [-0.2, 0) is 32.3 Å². The highest BCUT2D eigenvalue weighted by Gasteiger charge is 2.38. The number of alkyl halides is 3. The van der Waals surface area contributed by atoms with Crippen molar-refractivity contribution in [1.29, 1.82) is 0 Å². The molecule has 50 heavy (non-hydrogen) atoms. The molecule has 0 spiro atoms. The van der Waals surface area contributed by atoms with Crippen molar-refractivity contribution in [2.75, 3.05) is 13.1 Å². The number of nitrogens with two attached hydrogens (primary N) is 3. The maximum absolute atomic E-state index is 14.4. The first-order valence-electron chi connectivity index (χ1n) is 15.0. The number of rotatable bonds is 15. The largest absolute Gasteiger partial charge is 0.490 e. The molecular weight excluding hydrogens is 663 g/mol. The number of benzene rings is 3. The summed E-state index contributed by atoms with van der Waals surface area (Å²) in [5.74, 6) is -5.59. The van der Waals surface area contributed by atoms with Gasteiger partial charge >= 0.3 is 24.1 Å². The second-order valence-electron chi connectivity index (χ2n) is 10.6. The van der Waals surface area contributed by atoms with Crippen LogP contribution in [0.25, 0.3) is 0 Å². The number of carboxylic acid groups (broad SMARTS) is 2. The lowest BCUT2D eigenvalue weighted by molar-refractivity contribution is -0.192. The van der Waals surface area contributed by atoms with E-state index in [1.165, 1.54) is 4.90 Å². The van der Waals surface area contributed by atoms with E-state index < -0.39 is 48.6 Å². The Morgan fingerprint density at radius 2 is 1.28 bits per heavy atom. The lowest BCUT2D eigenvalue weighted by Crippen LogP contribution is -2.49. The van der Waals surface area contributed by atoms with Crippen LogP contribution in [0.4, 0.5) is 18.0 Å². The summed E-state index contributed by atoms with van der Waals surface area (Å²) < 4.78 is 31.7. The Hall–Kier alpha value is -6.13. The zero-order valence-electron chi connectivity index (χ0n) is 26.7. The van der Waals surface area contributed by atoms with Crippen LogP contribution in [0.5, 0.6) is 0 Å². The minimum absolute atomic E-state index is 0.0641. The van der Waals surface area contributed by atoms with Gasteiger partial charge in [0.2, 0.25) is 11.8 Å². The predicted molar refractivity (Wildman–Crippen MR) is 176 cm³/mol. The molecule has 0 aliphatic rings. The highest BCUT2D eigenvalue weighted by atomic mass is 19.4. The first-order valence-corrected chi connectivity index (χ1v) is 15.0. The second-order valence-corrected chi connectivity index (χ2v) is 10.6. The Kier molecular flexibility index (Phi) is 15.7. The van der Waals surface area contributed by atoms with Crippen molar-refractivity contribution < 1.29 is 47.4 Å². The Labute approximate surface area is 285 Å². The van der Waals surface area contributed by atoms with Crippen molar-refractivity contribution in [2.24, 2.45) is 22.2 Å². The number of guanidine groups is 1. The van der Waals surface area contributed by atoms with Crippen LogP contribution in [0.1, 0.15) is 41.0 Å². The van der Waals surface area contributed by atoms with E-state index in [2.05, 4.69) is 15.6 Å². The van der Waals surface area contributed by atoms with E-state index in [0.29, 0.717) is 6.42 Å². The summed E-state index contributed by atoms with van der Waals surface area (Å²) in [4.78, 5) is 64.1. The molecule has 10 N–H and O–H groups in total. The number of nitrogens with one attached hydrogen (secondary N) is 2. The van der Waals surface area contributed by atoms with Gasteiger partial charge in [0.1, 0.15) is 12.6 Å². The number of carbonyl (C=O) groups excluding carboxylic acids is 3. The monoisotopic (exact) mass is 701 g/mol. The molecule has 0 saturated carbocycles. The Morgan fingerprint density at radius 1 is 0.780 bits per heavy atom. The molecule has 17 heteroatoms. The van der Waals surface area contributed by atoms with Crippen molar-refractivity contribution in [3.8, 4) is 0 Å². The van der Waals surface area contributed by atoms with E-state index >= 15 is 0 Å². The second kappa shape index (κ2) is 19.6. The van der Waals surface area contributed by atoms with Crippen molar-refractivity contribution >= 4 is 35.7 Å². The van der Waals surface area contributed by atoms with E-state index in [1.54, 1.807) is 24.3 Å². The Morgan fingerprint density at radius 3 is 1.72 bits per heavy atom. The Bertz CT molecular complexity index is 1560. The number of primary amides is 1. The third-order valence-electron chi connectivity index (χ3n) is 6.90. The summed E-state index contributed by atoms with van der Waals surface area (Å²) in [5.41, 5.74) is 19.8. The first-order chi connectivity index (χ1) is 23.6. The molecule has 3 aromatic rings. The van der Waals surface area contributed by atoms with E-state index in [0.717, 1.165) is 22.3 Å². The third kappa shape index (κ3) is 13.9. The molecule has 0 aliphatic carbocycles. The highest BCUT2D eigenvalue weighted by Crippen LogP contribution is 2.29. The van der Waals surface area contributed by atoms with E-state index in [-0.39, 0.29) is 37.9 Å². The molecule has 0 unspecified atom stereocenters. The molecule has 4 amide bonds. The van der Waals surface area contributed by atoms with Crippen LogP contribution < -0.4 is 27.8 Å². The Balaban J connectivity index is 0.00000112. The molecule has 0 aliphatic heterocycles. The van der Waals surface area contributed by atoms with Crippen LogP contribution in [0.15, 0.2) is 89.9 Å². The van der Waals surface area contributed by atoms with Crippen molar-refractivity contribution in [2.45, 2.75) is 44.1 Å². The summed E-state index contributed by atoms with van der Waals surface area (Å²) in [7, 11) is 0. The lowest BCUT2D eigenvalue weighted by atomic mass is 9.89. The number of halogens is 3. The van der Waals surface area contributed by atoms with Gasteiger partial charge < -0.3 is 42.9 Å². The van der Waals surface area contributed by atoms with Crippen LogP contribution in [-0.4, -0.2) is 76.2 Å². The van der Waals surface area contributed by atoms with Crippen molar-refractivity contribution in [3.05, 3.63) is 107 Å². The van der Waals surface area contributed by atoms with Crippen LogP contribution >= 0.6 is 0 Å². The standard InChI is InChI=1S/C31H37N7O5.C2HF3O2/c32-28(41)25(12-7-17-35-30(33)34)38(20-22-15-13-21(14-16-22)18-36-31(43)37-19-26(39)40)29(42)27(23-8-3-1-4-9-23)24-10-5-2-6-11-24;3-2(4,5)1(6)7/h1-6,8-11,13-16,25,27H,7,12,17-20H2,(H2,32,41)(H,39,40)(H4,33,34,35)(H2,36,37,43);(H,6,7)/t25-;/m1./s1. The molecular formula is C33H38F3N7O7. The summed E-state index contributed by atoms with van der Waals surface area (Å²) in [5, 5.41) is 20.6. The molecule has 0 heterocycles. The topological polar surface area (TPSA) is 244 Å². The van der Waals surface area contributed by atoms with Gasteiger partial charge in [-0.2, -0.15) is 13.2 Å². The quantitative estimate of drug-likeness (QED) is 0.0697. The minimum atomic E-state index is -5.08. The van der Waals surface area contributed by atoms with Gasteiger partial charge in [-0.25, -0.2) is 9.59 Å². The smallest absolute Gasteiger partial charge is 0.480 e. The first kappa shape index (κ1) is 40.0. The molecule has 3 rings (SSSR count). The summed E-state index contributed by atoms with van der Waals surface area (Å²) in [6.07, 6.45) is -4.41. The number of hydrogen-bond donors (Lipinski definition) is 7. The molecule has 0 saturated heterocycles. The highest BCUT2D eigenvalue weighted by molar-refractivity contribution is 5.92. The fourth-order valence-electron chi connectivity index (χ4n) is 4.58. The predicted octanol–water partition coefficient (Wildman–Crippen LogP) is 2.27. The number of amides is 4. The minimum Gasteiger partial charge on any atom is -0.480 e. The molecule has 14 nitrogen and oxygen atoms in total. The van der Waals surface area contributed by atoms with Gasteiger partial charge in [0, 0.05) is 19.6 Å². The van der Waals surface area contributed by atoms with Crippen molar-refractivity contribution in [1.82, 2.24) is 15.5 Å². The zero-order valence-corrected chi connectivity index (χ0v) is 26.7. The molecule has 1 atom stereocenters. The summed E-state index contributed by atoms with van der Waals surface area (Å²) >= 11 is 0. The van der Waals surface area contributed by atoms with Gasteiger partial charge in [-0.1, -0.05) is 84.9 Å². The van der Waals surface area contributed by atoms with Crippen LogP contribution in [0.2, 0.25) is 0 Å². The SMILES string of the molecule is NC(=O)[C@@H](CCCN=C(N)N)N(Cc1ccc(CNC(=O)NCC(=O)O)cc1)C(=O)C(c1ccccc1)c1ccccc1.O=C(O)C(F)(F)F. The van der Waals surface area contributed by atoms with Crippen molar-refractivity contribution in [3.63, 3.8) is 0 Å². The molecule has 268 valence electrons. The normalized spacial score (nSPS) is 11.3. The van der Waals surface area contributed by atoms with E-state index in [1.807, 2.05) is 60.7 Å². The number of aliphatic carboxylic acids is 2. The van der Waals surface area contributed by atoms with E-state index in [4.69, 9.17) is 32.2 Å². The van der Waals surface area contributed by atoms with Gasteiger partial charge in [-0.15, -0.1) is 0 Å². The van der Waals surface area contributed by atoms with Gasteiger partial charge in [0.15, 0.2) is 5.96 Å². The van der Waals surface area contributed by atoms with Gasteiger partial charge in [0.25, 0.3) is 0 Å². The molecule has 0 aromatic heterocycles. The number of aliphatic imine (C=N–C) groups is 1. The zero-order chi connectivity index (χ0) is 37.3. The average Bonchev–Trinajstić information content (AvgIpc) is 3.06. The number of nitrogens with zero attached hydrogens (tertiary/aromatic N) is 2. The van der Waals surface area contributed by atoms with Crippen LogP contribution in [0.3, 0.4) is 0 Å². The van der Waals surface area contributed by atoms with E-state index in [9.17, 15) is 32.3 Å². The van der Waals surface area contributed by atoms with Gasteiger partial charge in [0.05, 0.1) is 5.92 Å². The fraction of sp³-hybridized carbons (Fsp3) is 0.273. The number of urea groups is 1. The third-order valence-corrected chi connectivity index (χ3v) is 6.90. The maximum atomic E-state index is 14.4. The molecule has 0 fully saturated rings. The summed E-state index contributed by atoms with van der Waals surface area (Å²) in [6, 6.07) is 24.3. The fourth-order valence-corrected chi connectivity index (χ4v) is 4.58. The molecule has 0 bridgehead atoms. The number of carboxylic acids is 2. The summed E-state index contributed by atoms with van der Waals surface area (Å²) in [6.45, 7) is 0.0378. The lowest BCUT2D eigenvalue weighted by Gasteiger charge is -2.33. The van der Waals surface area contributed by atoms with Crippen LogP contribution in [0, 0.1) is 0 Å². The molecule has 0 radical (unpaired) electrons. The number of carbonyl (C=O) groups is 5. The molecule has 3 aromatic carbocycles. The van der Waals surface area contributed by atoms with Gasteiger partial charge in [-0.05, 0) is 35.1 Å². The average molecular weight is 702 g/mol. The van der Waals surface area contributed by atoms with Gasteiger partial charge in [-0.3, -0.25) is 19.4 Å².